The van der Waals surface area contributed by atoms with E-state index in [4.69, 9.17) is 0 Å². The summed E-state index contributed by atoms with van der Waals surface area (Å²) in [5, 5.41) is 0. The van der Waals surface area contributed by atoms with Gasteiger partial charge in [-0.1, -0.05) is 192 Å². The maximum Gasteiger partial charge on any atom is 0.0214 e. The van der Waals surface area contributed by atoms with Crippen LogP contribution >= 0.6 is 0 Å². The van der Waals surface area contributed by atoms with Gasteiger partial charge in [-0.25, -0.2) is 0 Å². The van der Waals surface area contributed by atoms with Gasteiger partial charge in [-0.3, -0.25) is 0 Å². The van der Waals surface area contributed by atoms with Crippen LogP contribution in [0.15, 0.2) is 175 Å². The van der Waals surface area contributed by atoms with Crippen LogP contribution in [0.3, 0.4) is 0 Å². The molecule has 0 fully saturated rings. The first-order chi connectivity index (χ1) is 25.7. The minimum atomic E-state index is -0.238. The van der Waals surface area contributed by atoms with Crippen molar-refractivity contribution in [2.75, 3.05) is 0 Å². The van der Waals surface area contributed by atoms with E-state index in [0.717, 1.165) is 19.3 Å². The van der Waals surface area contributed by atoms with Gasteiger partial charge in [-0.2, -0.15) is 0 Å². The van der Waals surface area contributed by atoms with Crippen molar-refractivity contribution in [3.05, 3.63) is 214 Å². The highest BCUT2D eigenvalue weighted by Gasteiger charge is 2.34. The van der Waals surface area contributed by atoms with E-state index in [0.29, 0.717) is 0 Å². The zero-order valence-electron chi connectivity index (χ0n) is 31.9. The molecular formula is C53H50. The highest BCUT2D eigenvalue weighted by atomic mass is 14.4. The third-order valence-electron chi connectivity index (χ3n) is 11.2. The second-order valence-corrected chi connectivity index (χ2v) is 16.6. The van der Waals surface area contributed by atoms with Crippen LogP contribution in [0.25, 0.3) is 33.4 Å². The maximum atomic E-state index is 2.58. The van der Waals surface area contributed by atoms with Gasteiger partial charge >= 0.3 is 0 Å². The monoisotopic (exact) mass is 686 g/mol. The number of allylic oxidation sites excluding steroid dienone is 6. The zero-order valence-corrected chi connectivity index (χ0v) is 31.9. The summed E-state index contributed by atoms with van der Waals surface area (Å²) in [4.78, 5) is 0. The first-order valence-electron chi connectivity index (χ1n) is 19.3. The molecule has 0 amide bonds. The van der Waals surface area contributed by atoms with Gasteiger partial charge in [0.05, 0.1) is 0 Å². The summed E-state index contributed by atoms with van der Waals surface area (Å²) in [5.74, 6) is 0.251. The number of rotatable bonds is 9. The van der Waals surface area contributed by atoms with Crippen LogP contribution in [-0.2, 0) is 30.1 Å². The molecule has 0 atom stereocenters. The number of hydrogen-bond donors (Lipinski definition) is 0. The van der Waals surface area contributed by atoms with Crippen molar-refractivity contribution in [2.45, 2.75) is 70.6 Å². The average molecular weight is 687 g/mol. The molecular weight excluding hydrogens is 637 g/mol. The minimum absolute atomic E-state index is 0.0393. The van der Waals surface area contributed by atoms with E-state index in [1.54, 1.807) is 0 Å². The van der Waals surface area contributed by atoms with Gasteiger partial charge < -0.3 is 0 Å². The van der Waals surface area contributed by atoms with E-state index in [2.05, 4.69) is 205 Å². The van der Waals surface area contributed by atoms with Gasteiger partial charge in [0.2, 0.25) is 0 Å². The predicted molar refractivity (Wildman–Crippen MR) is 227 cm³/mol. The molecule has 0 radical (unpaired) electrons. The summed E-state index contributed by atoms with van der Waals surface area (Å²) >= 11 is 0. The lowest BCUT2D eigenvalue weighted by Gasteiger charge is -2.30. The van der Waals surface area contributed by atoms with Crippen LogP contribution in [0.4, 0.5) is 0 Å². The Morgan fingerprint density at radius 1 is 0.566 bits per heavy atom. The summed E-state index contributed by atoms with van der Waals surface area (Å²) in [7, 11) is 0. The van der Waals surface area contributed by atoms with Gasteiger partial charge in [-0.15, -0.1) is 0 Å². The largest absolute Gasteiger partial charge is 0.0746 e. The van der Waals surface area contributed by atoms with E-state index in [9.17, 15) is 0 Å². The Kier molecular flexibility index (Phi) is 9.25. The summed E-state index contributed by atoms with van der Waals surface area (Å²) in [6, 6.07) is 51.7. The zero-order chi connectivity index (χ0) is 36.6. The van der Waals surface area contributed by atoms with Crippen LogP contribution in [0.5, 0.6) is 0 Å². The molecule has 0 unspecified atom stereocenters. The number of hydrogen-bond acceptors (Lipinski definition) is 0. The Labute approximate surface area is 317 Å². The Hall–Kier alpha value is -5.46. The van der Waals surface area contributed by atoms with Gasteiger partial charge in [0.15, 0.2) is 0 Å². The molecule has 53 heavy (non-hydrogen) atoms. The predicted octanol–water partition coefficient (Wildman–Crippen LogP) is 13.8. The molecule has 0 nitrogen and oxygen atoms in total. The van der Waals surface area contributed by atoms with Gasteiger partial charge in [0.1, 0.15) is 0 Å². The summed E-state index contributed by atoms with van der Waals surface area (Å²) < 4.78 is 0. The third kappa shape index (κ3) is 7.04. The van der Waals surface area contributed by atoms with Crippen molar-refractivity contribution >= 4 is 0 Å². The molecule has 0 heterocycles. The SMILES string of the molecule is CC(C)(C)c1cc2c(c(C3C=CC=C3)c1-c1ccccc1)Cc1cc(-c3ccccc3)c(C(C)(C)C=C(Cc3ccccc3)Cc3ccccc3)cc1-2. The van der Waals surface area contributed by atoms with E-state index in [1.165, 1.54) is 77.9 Å². The lowest BCUT2D eigenvalue weighted by atomic mass is 9.74. The molecule has 0 spiro atoms. The van der Waals surface area contributed by atoms with Crippen LogP contribution in [0, 0.1) is 0 Å². The molecule has 2 aliphatic carbocycles. The van der Waals surface area contributed by atoms with Crippen molar-refractivity contribution in [3.63, 3.8) is 0 Å². The second-order valence-electron chi connectivity index (χ2n) is 16.6. The van der Waals surface area contributed by atoms with Crippen molar-refractivity contribution in [2.24, 2.45) is 0 Å². The highest BCUT2D eigenvalue weighted by molar-refractivity contribution is 5.89. The fourth-order valence-corrected chi connectivity index (χ4v) is 8.77. The fourth-order valence-electron chi connectivity index (χ4n) is 8.77. The Bertz CT molecular complexity index is 2270. The lowest BCUT2D eigenvalue weighted by molar-refractivity contribution is 0.591. The fraction of sp³-hybridized carbons (Fsp3) is 0.208. The van der Waals surface area contributed by atoms with Gasteiger partial charge in [0, 0.05) is 11.3 Å². The van der Waals surface area contributed by atoms with Crippen LogP contribution < -0.4 is 0 Å². The lowest BCUT2D eigenvalue weighted by Crippen LogP contribution is -2.18. The molecule has 0 saturated carbocycles. The molecule has 0 saturated heterocycles. The van der Waals surface area contributed by atoms with Crippen molar-refractivity contribution in [1.82, 2.24) is 0 Å². The number of benzene rings is 6. The number of fused-ring (bicyclic) bond motifs is 3. The van der Waals surface area contributed by atoms with Crippen molar-refractivity contribution < 1.29 is 0 Å². The molecule has 0 N–H and O–H groups in total. The molecule has 262 valence electrons. The smallest absolute Gasteiger partial charge is 0.0214 e. The third-order valence-corrected chi connectivity index (χ3v) is 11.2. The second kappa shape index (κ2) is 14.2. The normalized spacial score (nSPS) is 13.6. The van der Waals surface area contributed by atoms with Gasteiger partial charge in [0.25, 0.3) is 0 Å². The van der Waals surface area contributed by atoms with E-state index in [1.807, 2.05) is 0 Å². The summed E-state index contributed by atoms with van der Waals surface area (Å²) in [5.41, 5.74) is 19.1. The summed E-state index contributed by atoms with van der Waals surface area (Å²) in [6.07, 6.45) is 14.6. The highest BCUT2D eigenvalue weighted by Crippen LogP contribution is 2.51. The molecule has 0 heteroatoms. The Morgan fingerprint density at radius 2 is 1.08 bits per heavy atom. The average Bonchev–Trinajstić information content (AvgIpc) is 3.83. The van der Waals surface area contributed by atoms with E-state index in [-0.39, 0.29) is 16.7 Å². The van der Waals surface area contributed by atoms with Crippen molar-refractivity contribution in [1.29, 1.82) is 0 Å². The Balaban J connectivity index is 1.35. The van der Waals surface area contributed by atoms with E-state index >= 15 is 0 Å². The molecule has 0 aliphatic heterocycles. The standard InChI is InChI=1S/C53H50/c1-52(2,3)49-35-46-44-34-48(53(4,5)36-39(30-37-20-10-6-11-21-37)31-38-22-12-7-13-23-38)45(40-24-14-8-15-25-40)32-43(44)33-47(46)50(41-28-18-19-29-41)51(49)42-26-16-9-17-27-42/h6-29,32,34-36,41H,30-31,33H2,1-5H3. The molecule has 2 aliphatic rings. The quantitative estimate of drug-likeness (QED) is 0.133. The topological polar surface area (TPSA) is 0 Å². The minimum Gasteiger partial charge on any atom is -0.0746 e. The van der Waals surface area contributed by atoms with Crippen molar-refractivity contribution in [3.8, 4) is 33.4 Å². The first kappa shape index (κ1) is 34.6. The molecule has 8 rings (SSSR count). The van der Waals surface area contributed by atoms with E-state index < -0.39 is 0 Å². The molecule has 0 aromatic heterocycles. The maximum absolute atomic E-state index is 2.58. The first-order valence-corrected chi connectivity index (χ1v) is 19.3. The summed E-state index contributed by atoms with van der Waals surface area (Å²) in [6.45, 7) is 12.0. The molecule has 0 bridgehead atoms. The Morgan fingerprint density at radius 3 is 1.62 bits per heavy atom. The molecule has 6 aromatic carbocycles. The van der Waals surface area contributed by atoms with Crippen LogP contribution in [0.1, 0.15) is 79.5 Å². The molecule has 6 aromatic rings. The van der Waals surface area contributed by atoms with Crippen LogP contribution in [-0.4, -0.2) is 0 Å². The van der Waals surface area contributed by atoms with Gasteiger partial charge in [-0.05, 0) is 115 Å². The van der Waals surface area contributed by atoms with Crippen LogP contribution in [0.2, 0.25) is 0 Å².